The third-order valence-electron chi connectivity index (χ3n) is 4.30. The Morgan fingerprint density at radius 2 is 2.00 bits per heavy atom. The van der Waals surface area contributed by atoms with Crippen LogP contribution in [0.15, 0.2) is 51.8 Å². The van der Waals surface area contributed by atoms with Gasteiger partial charge in [-0.05, 0) is 55.4 Å². The summed E-state index contributed by atoms with van der Waals surface area (Å²) in [6.45, 7) is 2.95. The number of ether oxygens (including phenoxy) is 2. The number of nitrogens with zero attached hydrogens (tertiary/aromatic N) is 2. The maximum Gasteiger partial charge on any atom is 0.326 e. The van der Waals surface area contributed by atoms with Crippen molar-refractivity contribution in [2.24, 2.45) is 0 Å². The average Bonchev–Trinajstić information content (AvgIpc) is 3.00. The standard InChI is InChI=1S/C22H19BrN2O7S/c1-13(2)32-20(26)11-24-21(27)19(33-22(24)28)10-15-9-16(23)6-7-18(15)31-12-14-4-3-5-17(8-14)25(29)30/h3-10,13H,11-12H2,1-2H3/b19-10-. The molecule has 0 aliphatic carbocycles. The van der Waals surface area contributed by atoms with Crippen molar-refractivity contribution < 1.29 is 28.8 Å². The highest BCUT2D eigenvalue weighted by Crippen LogP contribution is 2.35. The minimum atomic E-state index is -0.669. The Hall–Kier alpha value is -3.18. The Bertz CT molecular complexity index is 1150. The van der Waals surface area contributed by atoms with Crippen LogP contribution in [0.4, 0.5) is 10.5 Å². The number of halogens is 1. The van der Waals surface area contributed by atoms with E-state index < -0.39 is 28.6 Å². The molecule has 1 fully saturated rings. The number of amides is 2. The molecule has 1 saturated heterocycles. The first-order valence-electron chi connectivity index (χ1n) is 9.74. The maximum atomic E-state index is 12.7. The number of esters is 1. The van der Waals surface area contributed by atoms with E-state index in [2.05, 4.69) is 15.9 Å². The zero-order valence-electron chi connectivity index (χ0n) is 17.6. The Morgan fingerprint density at radius 3 is 2.70 bits per heavy atom. The fraction of sp³-hybridized carbons (Fsp3) is 0.227. The predicted octanol–water partition coefficient (Wildman–Crippen LogP) is 4.92. The molecule has 0 atom stereocenters. The number of non-ortho nitro benzene ring substituents is 1. The van der Waals surface area contributed by atoms with Gasteiger partial charge in [-0.2, -0.15) is 0 Å². The first-order valence-corrected chi connectivity index (χ1v) is 11.4. The molecular formula is C22H19BrN2O7S. The summed E-state index contributed by atoms with van der Waals surface area (Å²) in [6, 6.07) is 11.2. The summed E-state index contributed by atoms with van der Waals surface area (Å²) in [4.78, 5) is 48.3. The fourth-order valence-electron chi connectivity index (χ4n) is 2.89. The lowest BCUT2D eigenvalue weighted by atomic mass is 10.1. The van der Waals surface area contributed by atoms with Crippen LogP contribution in [0.25, 0.3) is 6.08 Å². The van der Waals surface area contributed by atoms with Gasteiger partial charge in [0.15, 0.2) is 0 Å². The third-order valence-corrected chi connectivity index (χ3v) is 5.70. The van der Waals surface area contributed by atoms with Gasteiger partial charge in [0.2, 0.25) is 0 Å². The second-order valence-corrected chi connectivity index (χ2v) is 9.11. The van der Waals surface area contributed by atoms with E-state index in [1.807, 2.05) is 0 Å². The van der Waals surface area contributed by atoms with E-state index in [1.54, 1.807) is 44.2 Å². The van der Waals surface area contributed by atoms with Crippen molar-refractivity contribution in [3.8, 4) is 5.75 Å². The minimum absolute atomic E-state index is 0.0446. The first kappa shape index (κ1) is 24.5. The molecule has 172 valence electrons. The molecule has 0 spiro atoms. The number of hydrogen-bond acceptors (Lipinski definition) is 8. The zero-order valence-corrected chi connectivity index (χ0v) is 20.1. The monoisotopic (exact) mass is 534 g/mol. The van der Waals surface area contributed by atoms with E-state index in [1.165, 1.54) is 18.2 Å². The van der Waals surface area contributed by atoms with Crippen LogP contribution in [0.5, 0.6) is 5.75 Å². The number of benzene rings is 2. The molecule has 0 unspecified atom stereocenters. The molecule has 1 heterocycles. The predicted molar refractivity (Wildman–Crippen MR) is 125 cm³/mol. The summed E-state index contributed by atoms with van der Waals surface area (Å²) >= 11 is 4.09. The highest BCUT2D eigenvalue weighted by atomic mass is 79.9. The number of carbonyl (C=O) groups excluding carboxylic acids is 3. The molecule has 1 aliphatic heterocycles. The lowest BCUT2D eigenvalue weighted by Gasteiger charge is -2.13. The van der Waals surface area contributed by atoms with Crippen molar-refractivity contribution >= 4 is 56.6 Å². The summed E-state index contributed by atoms with van der Waals surface area (Å²) in [5.41, 5.74) is 1.07. The molecular weight excluding hydrogens is 516 g/mol. The van der Waals surface area contributed by atoms with Crippen molar-refractivity contribution in [2.75, 3.05) is 6.54 Å². The largest absolute Gasteiger partial charge is 0.488 e. The van der Waals surface area contributed by atoms with Crippen LogP contribution >= 0.6 is 27.7 Å². The molecule has 2 aromatic carbocycles. The van der Waals surface area contributed by atoms with Gasteiger partial charge >= 0.3 is 5.97 Å². The summed E-state index contributed by atoms with van der Waals surface area (Å²) in [7, 11) is 0. The third kappa shape index (κ3) is 6.42. The van der Waals surface area contributed by atoms with Gasteiger partial charge in [-0.1, -0.05) is 28.1 Å². The Balaban J connectivity index is 1.79. The molecule has 33 heavy (non-hydrogen) atoms. The number of hydrogen-bond donors (Lipinski definition) is 0. The van der Waals surface area contributed by atoms with Crippen molar-refractivity contribution in [3.63, 3.8) is 0 Å². The van der Waals surface area contributed by atoms with Crippen LogP contribution in [0, 0.1) is 10.1 Å². The van der Waals surface area contributed by atoms with Gasteiger partial charge in [-0.25, -0.2) is 0 Å². The topological polar surface area (TPSA) is 116 Å². The molecule has 0 radical (unpaired) electrons. The summed E-state index contributed by atoms with van der Waals surface area (Å²) in [5, 5.41) is 10.4. The van der Waals surface area contributed by atoms with Crippen molar-refractivity contribution in [1.82, 2.24) is 4.90 Å². The molecule has 2 amide bonds. The second kappa shape index (κ2) is 10.6. The van der Waals surface area contributed by atoms with E-state index in [0.717, 1.165) is 9.37 Å². The number of nitro benzene ring substituents is 1. The van der Waals surface area contributed by atoms with Crippen LogP contribution < -0.4 is 4.74 Å². The molecule has 0 saturated carbocycles. The Labute approximate surface area is 202 Å². The van der Waals surface area contributed by atoms with Crippen molar-refractivity contribution in [3.05, 3.63) is 73.1 Å². The number of nitro groups is 1. The first-order chi connectivity index (χ1) is 15.6. The lowest BCUT2D eigenvalue weighted by molar-refractivity contribution is -0.384. The highest BCUT2D eigenvalue weighted by molar-refractivity contribution is 9.10. The van der Waals surface area contributed by atoms with Gasteiger partial charge in [-0.3, -0.25) is 29.4 Å². The van der Waals surface area contributed by atoms with E-state index in [4.69, 9.17) is 9.47 Å². The van der Waals surface area contributed by atoms with Crippen LogP contribution in [-0.4, -0.2) is 39.6 Å². The molecule has 2 aromatic rings. The van der Waals surface area contributed by atoms with Crippen LogP contribution in [0.3, 0.4) is 0 Å². The molecule has 9 nitrogen and oxygen atoms in total. The van der Waals surface area contributed by atoms with Gasteiger partial charge in [-0.15, -0.1) is 0 Å². The summed E-state index contributed by atoms with van der Waals surface area (Å²) in [5.74, 6) is -0.858. The van der Waals surface area contributed by atoms with Crippen molar-refractivity contribution in [1.29, 1.82) is 0 Å². The van der Waals surface area contributed by atoms with Crippen LogP contribution in [0.2, 0.25) is 0 Å². The Kier molecular flexibility index (Phi) is 7.88. The molecule has 0 bridgehead atoms. The maximum absolute atomic E-state index is 12.7. The van der Waals surface area contributed by atoms with Gasteiger partial charge in [0.25, 0.3) is 16.8 Å². The molecule has 0 N–H and O–H groups in total. The van der Waals surface area contributed by atoms with Crippen molar-refractivity contribution in [2.45, 2.75) is 26.6 Å². The quantitative estimate of drug-likeness (QED) is 0.202. The second-order valence-electron chi connectivity index (χ2n) is 7.20. The molecule has 3 rings (SSSR count). The van der Waals surface area contributed by atoms with E-state index in [0.29, 0.717) is 28.6 Å². The highest BCUT2D eigenvalue weighted by Gasteiger charge is 2.37. The molecule has 1 aliphatic rings. The SMILES string of the molecule is CC(C)OC(=O)CN1C(=O)S/C(=C\c2cc(Br)ccc2OCc2cccc([N+](=O)[O-])c2)C1=O. The normalized spacial score (nSPS) is 14.8. The zero-order chi connectivity index (χ0) is 24.1. The van der Waals surface area contributed by atoms with E-state index in [9.17, 15) is 24.5 Å². The number of carbonyl (C=O) groups is 3. The summed E-state index contributed by atoms with van der Waals surface area (Å²) < 4.78 is 11.6. The molecule has 0 aromatic heterocycles. The smallest absolute Gasteiger partial charge is 0.326 e. The van der Waals surface area contributed by atoms with Gasteiger partial charge in [0.05, 0.1) is 15.9 Å². The molecule has 11 heteroatoms. The van der Waals surface area contributed by atoms with E-state index >= 15 is 0 Å². The van der Waals surface area contributed by atoms with Crippen LogP contribution in [-0.2, 0) is 20.9 Å². The number of imide groups is 1. The average molecular weight is 535 g/mol. The minimum Gasteiger partial charge on any atom is -0.488 e. The van der Waals surface area contributed by atoms with Gasteiger partial charge in [0, 0.05) is 22.2 Å². The van der Waals surface area contributed by atoms with Gasteiger partial charge < -0.3 is 9.47 Å². The number of rotatable bonds is 8. The lowest BCUT2D eigenvalue weighted by Crippen LogP contribution is -2.35. The van der Waals surface area contributed by atoms with Crippen LogP contribution in [0.1, 0.15) is 25.0 Å². The number of thioether (sulfide) groups is 1. The summed E-state index contributed by atoms with van der Waals surface area (Å²) in [6.07, 6.45) is 1.15. The van der Waals surface area contributed by atoms with Gasteiger partial charge in [0.1, 0.15) is 18.9 Å². The fourth-order valence-corrected chi connectivity index (χ4v) is 4.10. The van der Waals surface area contributed by atoms with E-state index in [-0.39, 0.29) is 23.3 Å². The Morgan fingerprint density at radius 1 is 1.24 bits per heavy atom.